The molecule has 5 N–H and O–H groups in total. The molecule has 96 valence electrons. The number of nitrogens with one attached hydrogen (secondary N) is 1. The fourth-order valence-electron chi connectivity index (χ4n) is 1.31. The van der Waals surface area contributed by atoms with Gasteiger partial charge in [0, 0.05) is 6.04 Å². The van der Waals surface area contributed by atoms with Crippen molar-refractivity contribution in [3.8, 4) is 0 Å². The standard InChI is InChI=1S/C11H23NO4/c1-3-4-5-6-12-8(2)10(15)11(16)9(14)7-13/h3-4,8-16H,5-7H2,1-2H3. The smallest absolute Gasteiger partial charge is 0.109 e. The van der Waals surface area contributed by atoms with Gasteiger partial charge in [0.15, 0.2) is 0 Å². The lowest BCUT2D eigenvalue weighted by Crippen LogP contribution is -2.50. The highest BCUT2D eigenvalue weighted by Crippen LogP contribution is 2.04. The van der Waals surface area contributed by atoms with Crippen molar-refractivity contribution in [3.63, 3.8) is 0 Å². The van der Waals surface area contributed by atoms with Gasteiger partial charge in [-0.25, -0.2) is 0 Å². The van der Waals surface area contributed by atoms with Gasteiger partial charge in [-0.1, -0.05) is 12.2 Å². The number of hydrogen-bond donors (Lipinski definition) is 5. The Morgan fingerprint density at radius 1 is 1.19 bits per heavy atom. The molecule has 5 nitrogen and oxygen atoms in total. The van der Waals surface area contributed by atoms with E-state index in [9.17, 15) is 10.2 Å². The van der Waals surface area contributed by atoms with Crippen LogP contribution in [0.25, 0.3) is 0 Å². The molecule has 5 heteroatoms. The Morgan fingerprint density at radius 3 is 2.31 bits per heavy atom. The summed E-state index contributed by atoms with van der Waals surface area (Å²) in [6.07, 6.45) is 1.02. The zero-order chi connectivity index (χ0) is 12.6. The summed E-state index contributed by atoms with van der Waals surface area (Å²) < 4.78 is 0. The number of aliphatic hydroxyl groups is 4. The van der Waals surface area contributed by atoms with Crippen molar-refractivity contribution in [3.05, 3.63) is 12.2 Å². The Morgan fingerprint density at radius 2 is 1.81 bits per heavy atom. The van der Waals surface area contributed by atoms with Crippen molar-refractivity contribution in [2.75, 3.05) is 13.2 Å². The zero-order valence-corrected chi connectivity index (χ0v) is 9.87. The highest BCUT2D eigenvalue weighted by Gasteiger charge is 2.27. The van der Waals surface area contributed by atoms with Crippen molar-refractivity contribution in [1.82, 2.24) is 5.32 Å². The summed E-state index contributed by atoms with van der Waals surface area (Å²) in [7, 11) is 0. The normalized spacial score (nSPS) is 19.6. The second kappa shape index (κ2) is 8.66. The highest BCUT2D eigenvalue weighted by molar-refractivity contribution is 4.84. The first-order chi connectivity index (χ1) is 7.54. The number of aliphatic hydroxyl groups excluding tert-OH is 4. The van der Waals surface area contributed by atoms with E-state index >= 15 is 0 Å². The molecule has 0 radical (unpaired) electrons. The van der Waals surface area contributed by atoms with Gasteiger partial charge < -0.3 is 25.7 Å². The summed E-state index contributed by atoms with van der Waals surface area (Å²) in [4.78, 5) is 0. The Hall–Kier alpha value is -0.460. The molecule has 0 spiro atoms. The molecule has 0 aliphatic carbocycles. The average Bonchev–Trinajstić information content (AvgIpc) is 2.31. The molecule has 4 unspecified atom stereocenters. The summed E-state index contributed by atoms with van der Waals surface area (Å²) in [5.41, 5.74) is 0. The summed E-state index contributed by atoms with van der Waals surface area (Å²) in [6.45, 7) is 3.77. The van der Waals surface area contributed by atoms with Gasteiger partial charge in [0.05, 0.1) is 12.7 Å². The van der Waals surface area contributed by atoms with Gasteiger partial charge in [-0.3, -0.25) is 0 Å². The first kappa shape index (κ1) is 15.5. The van der Waals surface area contributed by atoms with Crippen molar-refractivity contribution >= 4 is 0 Å². The molecule has 4 atom stereocenters. The first-order valence-corrected chi connectivity index (χ1v) is 5.54. The molecule has 0 amide bonds. The summed E-state index contributed by atoms with van der Waals surface area (Å²) in [6, 6.07) is -0.346. The van der Waals surface area contributed by atoms with E-state index in [0.717, 1.165) is 6.42 Å². The van der Waals surface area contributed by atoms with E-state index in [4.69, 9.17) is 10.2 Å². The third kappa shape index (κ3) is 5.58. The molecule has 0 heterocycles. The largest absolute Gasteiger partial charge is 0.394 e. The van der Waals surface area contributed by atoms with Crippen LogP contribution in [0.1, 0.15) is 20.3 Å². The van der Waals surface area contributed by atoms with Crippen LogP contribution in [-0.2, 0) is 0 Å². The lowest BCUT2D eigenvalue weighted by molar-refractivity contribution is -0.0849. The van der Waals surface area contributed by atoms with Gasteiger partial charge in [-0.05, 0) is 26.8 Å². The summed E-state index contributed by atoms with van der Waals surface area (Å²) in [5, 5.41) is 39.9. The van der Waals surface area contributed by atoms with Crippen LogP contribution in [0.5, 0.6) is 0 Å². The molecule has 0 aromatic carbocycles. The van der Waals surface area contributed by atoms with Crippen molar-refractivity contribution in [2.24, 2.45) is 0 Å². The monoisotopic (exact) mass is 233 g/mol. The molecular weight excluding hydrogens is 210 g/mol. The lowest BCUT2D eigenvalue weighted by atomic mass is 10.0. The van der Waals surface area contributed by atoms with Crippen LogP contribution in [-0.4, -0.2) is 57.9 Å². The molecule has 16 heavy (non-hydrogen) atoms. The molecule has 0 aromatic heterocycles. The third-order valence-electron chi connectivity index (χ3n) is 2.46. The quantitative estimate of drug-likeness (QED) is 0.274. The fourth-order valence-corrected chi connectivity index (χ4v) is 1.31. The van der Waals surface area contributed by atoms with Gasteiger partial charge in [0.1, 0.15) is 12.2 Å². The van der Waals surface area contributed by atoms with Crippen LogP contribution in [0.2, 0.25) is 0 Å². The van der Waals surface area contributed by atoms with Gasteiger partial charge >= 0.3 is 0 Å². The Labute approximate surface area is 96.4 Å². The molecule has 0 saturated heterocycles. The van der Waals surface area contributed by atoms with Crippen molar-refractivity contribution in [2.45, 2.75) is 44.6 Å². The second-order valence-corrected chi connectivity index (χ2v) is 3.83. The molecule has 0 aliphatic heterocycles. The van der Waals surface area contributed by atoms with E-state index in [1.54, 1.807) is 6.92 Å². The minimum absolute atomic E-state index is 0.346. The van der Waals surface area contributed by atoms with Gasteiger partial charge in [0.2, 0.25) is 0 Å². The van der Waals surface area contributed by atoms with Gasteiger partial charge in [-0.2, -0.15) is 0 Å². The first-order valence-electron chi connectivity index (χ1n) is 5.54. The molecule has 0 aliphatic rings. The van der Waals surface area contributed by atoms with E-state index in [0.29, 0.717) is 6.54 Å². The average molecular weight is 233 g/mol. The lowest BCUT2D eigenvalue weighted by Gasteiger charge is -2.27. The third-order valence-corrected chi connectivity index (χ3v) is 2.46. The van der Waals surface area contributed by atoms with Crippen LogP contribution in [0.3, 0.4) is 0 Å². The van der Waals surface area contributed by atoms with E-state index in [-0.39, 0.29) is 6.04 Å². The summed E-state index contributed by atoms with van der Waals surface area (Å²) >= 11 is 0. The zero-order valence-electron chi connectivity index (χ0n) is 9.87. The van der Waals surface area contributed by atoms with E-state index < -0.39 is 24.9 Å². The molecule has 0 rings (SSSR count). The van der Waals surface area contributed by atoms with Crippen LogP contribution in [0.4, 0.5) is 0 Å². The topological polar surface area (TPSA) is 93.0 Å². The maximum Gasteiger partial charge on any atom is 0.109 e. The van der Waals surface area contributed by atoms with E-state index in [2.05, 4.69) is 5.32 Å². The minimum Gasteiger partial charge on any atom is -0.394 e. The molecule has 0 saturated carbocycles. The van der Waals surface area contributed by atoms with Crippen molar-refractivity contribution < 1.29 is 20.4 Å². The van der Waals surface area contributed by atoms with Crippen LogP contribution >= 0.6 is 0 Å². The van der Waals surface area contributed by atoms with Crippen molar-refractivity contribution in [1.29, 1.82) is 0 Å². The molecule has 0 fully saturated rings. The van der Waals surface area contributed by atoms with Gasteiger partial charge in [0.25, 0.3) is 0 Å². The van der Waals surface area contributed by atoms with E-state index in [1.165, 1.54) is 0 Å². The number of rotatable bonds is 8. The Balaban J connectivity index is 3.92. The second-order valence-electron chi connectivity index (χ2n) is 3.83. The predicted octanol–water partition coefficient (Wildman–Crippen LogP) is -0.994. The molecule has 0 aromatic rings. The Bertz CT molecular complexity index is 198. The summed E-state index contributed by atoms with van der Waals surface area (Å²) in [5.74, 6) is 0. The predicted molar refractivity (Wildman–Crippen MR) is 62.0 cm³/mol. The maximum atomic E-state index is 9.64. The molecule has 0 bridgehead atoms. The number of hydrogen-bond acceptors (Lipinski definition) is 5. The van der Waals surface area contributed by atoms with Gasteiger partial charge in [-0.15, -0.1) is 0 Å². The molecular formula is C11H23NO4. The van der Waals surface area contributed by atoms with E-state index in [1.807, 2.05) is 19.1 Å². The van der Waals surface area contributed by atoms with Crippen LogP contribution in [0, 0.1) is 0 Å². The number of allylic oxidation sites excluding steroid dienone is 1. The fraction of sp³-hybridized carbons (Fsp3) is 0.818. The highest BCUT2D eigenvalue weighted by atomic mass is 16.4. The maximum absolute atomic E-state index is 9.64. The van der Waals surface area contributed by atoms with Crippen LogP contribution in [0.15, 0.2) is 12.2 Å². The SMILES string of the molecule is CC=CCCNC(C)C(O)C(O)C(O)CO. The van der Waals surface area contributed by atoms with Crippen LogP contribution < -0.4 is 5.32 Å². The minimum atomic E-state index is -1.34. The Kier molecular flexibility index (Phi) is 8.42.